The average Bonchev–Trinajstić information content (AvgIpc) is 2.71. The molecule has 0 unspecified atom stereocenters. The number of hydrogen-bond donors (Lipinski definition) is 2. The predicted molar refractivity (Wildman–Crippen MR) is 100 cm³/mol. The molecule has 0 aliphatic heterocycles. The Hall–Kier alpha value is -3.73. The first kappa shape index (κ1) is 17.1. The molecule has 128 valence electrons. The minimum atomic E-state index is 0.0606. The molecule has 5 nitrogen and oxygen atoms in total. The fraction of sp³-hybridized carbons (Fsp3) is 0. The zero-order valence-corrected chi connectivity index (χ0v) is 13.9. The van der Waals surface area contributed by atoms with Crippen molar-refractivity contribution in [2.45, 2.75) is 0 Å². The summed E-state index contributed by atoms with van der Waals surface area (Å²) >= 11 is 0. The van der Waals surface area contributed by atoms with Gasteiger partial charge in [-0.25, -0.2) is 15.0 Å². The maximum Gasteiger partial charge on any atom is 0.127 e. The lowest BCUT2D eigenvalue weighted by Crippen LogP contribution is -1.82. The first-order valence-electron chi connectivity index (χ1n) is 7.97. The fourth-order valence-corrected chi connectivity index (χ4v) is 2.47. The molecule has 0 saturated carbocycles. The molecule has 4 aromatic rings. The summed E-state index contributed by atoms with van der Waals surface area (Å²) in [5.74, 6) is 0.140. The summed E-state index contributed by atoms with van der Waals surface area (Å²) in [5, 5.41) is 19.3. The second-order valence-electron chi connectivity index (χ2n) is 5.44. The maximum atomic E-state index is 9.95. The normalized spacial score (nSPS) is 9.85. The van der Waals surface area contributed by atoms with Gasteiger partial charge >= 0.3 is 0 Å². The van der Waals surface area contributed by atoms with Gasteiger partial charge in [0.15, 0.2) is 0 Å². The van der Waals surface area contributed by atoms with Crippen LogP contribution in [0.25, 0.3) is 22.3 Å². The van der Waals surface area contributed by atoms with Crippen LogP contribution >= 0.6 is 0 Å². The van der Waals surface area contributed by atoms with Crippen molar-refractivity contribution in [1.29, 1.82) is 0 Å². The Morgan fingerprint density at radius 3 is 1.77 bits per heavy atom. The Labute approximate surface area is 151 Å². The summed E-state index contributed by atoms with van der Waals surface area (Å²) in [6.07, 6.45) is 4.31. The van der Waals surface area contributed by atoms with Crippen LogP contribution in [0.1, 0.15) is 0 Å². The molecule has 0 bridgehead atoms. The van der Waals surface area contributed by atoms with Gasteiger partial charge < -0.3 is 10.2 Å². The van der Waals surface area contributed by atoms with Gasteiger partial charge in [0.25, 0.3) is 0 Å². The minimum absolute atomic E-state index is 0.0606. The lowest BCUT2D eigenvalue weighted by atomic mass is 9.98. The van der Waals surface area contributed by atoms with Gasteiger partial charge in [0.05, 0.1) is 0 Å². The molecule has 1 aromatic heterocycles. The van der Waals surface area contributed by atoms with E-state index in [-0.39, 0.29) is 11.5 Å². The summed E-state index contributed by atoms with van der Waals surface area (Å²) in [6, 6.07) is 22.7. The lowest BCUT2D eigenvalue weighted by Gasteiger charge is -2.08. The monoisotopic (exact) mass is 343 g/mol. The molecule has 0 amide bonds. The minimum Gasteiger partial charge on any atom is -0.508 e. The second-order valence-corrected chi connectivity index (χ2v) is 5.44. The highest BCUT2D eigenvalue weighted by molar-refractivity contribution is 5.76. The second kappa shape index (κ2) is 8.39. The summed E-state index contributed by atoms with van der Waals surface area (Å²) in [6.45, 7) is 0. The van der Waals surface area contributed by atoms with Gasteiger partial charge in [-0.2, -0.15) is 0 Å². The summed E-state index contributed by atoms with van der Waals surface area (Å²) in [7, 11) is 0. The molecule has 4 rings (SSSR count). The van der Waals surface area contributed by atoms with Gasteiger partial charge in [0.2, 0.25) is 0 Å². The van der Waals surface area contributed by atoms with E-state index >= 15 is 0 Å². The lowest BCUT2D eigenvalue weighted by molar-refractivity contribution is 0.452. The van der Waals surface area contributed by atoms with E-state index < -0.39 is 0 Å². The maximum absolute atomic E-state index is 9.95. The smallest absolute Gasteiger partial charge is 0.127 e. The highest BCUT2D eigenvalue weighted by Crippen LogP contribution is 2.33. The van der Waals surface area contributed by atoms with Crippen LogP contribution < -0.4 is 0 Å². The molecule has 1 heterocycles. The number of nitrogens with zero attached hydrogens (tertiary/aromatic N) is 3. The number of aromatic nitrogens is 3. The van der Waals surface area contributed by atoms with E-state index in [1.807, 2.05) is 42.5 Å². The van der Waals surface area contributed by atoms with Crippen LogP contribution in [-0.2, 0) is 0 Å². The van der Waals surface area contributed by atoms with Crippen LogP contribution in [-0.4, -0.2) is 25.2 Å². The number of phenols is 2. The van der Waals surface area contributed by atoms with E-state index in [1.165, 1.54) is 25.0 Å². The number of benzene rings is 3. The molecular formula is C21H17N3O2. The number of hydrogen-bond acceptors (Lipinski definition) is 5. The standard InChI is InChI=1S/C18H14O2.C3H3N3/c19-16-9-10-17(18(20)12-16)15-8-4-7-14(11-15)13-5-2-1-3-6-13;1-4-2-6-3-5-1/h1-12,19-20H;1-3H. The first-order chi connectivity index (χ1) is 12.7. The molecule has 3 aromatic carbocycles. The number of aromatic hydroxyl groups is 2. The quantitative estimate of drug-likeness (QED) is 0.567. The molecular weight excluding hydrogens is 326 g/mol. The first-order valence-corrected chi connectivity index (χ1v) is 7.97. The Bertz CT molecular complexity index is 934. The van der Waals surface area contributed by atoms with Crippen LogP contribution in [0.5, 0.6) is 11.5 Å². The van der Waals surface area contributed by atoms with Crippen molar-refractivity contribution in [1.82, 2.24) is 15.0 Å². The van der Waals surface area contributed by atoms with Gasteiger partial charge in [-0.3, -0.25) is 0 Å². The third kappa shape index (κ3) is 4.42. The molecule has 0 radical (unpaired) electrons. The van der Waals surface area contributed by atoms with Gasteiger partial charge in [0, 0.05) is 11.6 Å². The van der Waals surface area contributed by atoms with Crippen molar-refractivity contribution < 1.29 is 10.2 Å². The van der Waals surface area contributed by atoms with Gasteiger partial charge in [-0.05, 0) is 34.9 Å². The topological polar surface area (TPSA) is 79.1 Å². The Kier molecular flexibility index (Phi) is 5.52. The molecule has 0 aliphatic carbocycles. The molecule has 0 aliphatic rings. The van der Waals surface area contributed by atoms with Gasteiger partial charge in [-0.15, -0.1) is 0 Å². The molecule has 5 heteroatoms. The van der Waals surface area contributed by atoms with Crippen molar-refractivity contribution in [3.8, 4) is 33.8 Å². The molecule has 0 fully saturated rings. The highest BCUT2D eigenvalue weighted by atomic mass is 16.3. The number of rotatable bonds is 2. The summed E-state index contributed by atoms with van der Waals surface area (Å²) in [4.78, 5) is 10.7. The Morgan fingerprint density at radius 2 is 1.15 bits per heavy atom. The SMILES string of the molecule is Oc1ccc(-c2cccc(-c3ccccc3)c2)c(O)c1.c1ncncn1. The molecule has 0 saturated heterocycles. The largest absolute Gasteiger partial charge is 0.508 e. The summed E-state index contributed by atoms with van der Waals surface area (Å²) < 4.78 is 0. The predicted octanol–water partition coefficient (Wildman–Crippen LogP) is 4.30. The molecule has 2 N–H and O–H groups in total. The third-order valence-electron chi connectivity index (χ3n) is 3.66. The Balaban J connectivity index is 0.000000278. The Morgan fingerprint density at radius 1 is 0.538 bits per heavy atom. The van der Waals surface area contributed by atoms with E-state index in [0.29, 0.717) is 5.56 Å². The van der Waals surface area contributed by atoms with Crippen LogP contribution in [0.4, 0.5) is 0 Å². The van der Waals surface area contributed by atoms with Crippen molar-refractivity contribution in [3.63, 3.8) is 0 Å². The molecule has 26 heavy (non-hydrogen) atoms. The van der Waals surface area contributed by atoms with Crippen LogP contribution in [0.15, 0.2) is 91.8 Å². The average molecular weight is 343 g/mol. The van der Waals surface area contributed by atoms with Crippen molar-refractivity contribution >= 4 is 0 Å². The van der Waals surface area contributed by atoms with E-state index in [4.69, 9.17) is 0 Å². The van der Waals surface area contributed by atoms with E-state index in [0.717, 1.165) is 16.7 Å². The zero-order valence-electron chi connectivity index (χ0n) is 13.9. The van der Waals surface area contributed by atoms with E-state index in [1.54, 1.807) is 12.1 Å². The molecule has 0 spiro atoms. The van der Waals surface area contributed by atoms with Crippen molar-refractivity contribution in [3.05, 3.63) is 91.8 Å². The van der Waals surface area contributed by atoms with Crippen LogP contribution in [0.3, 0.4) is 0 Å². The van der Waals surface area contributed by atoms with E-state index in [9.17, 15) is 10.2 Å². The third-order valence-corrected chi connectivity index (χ3v) is 3.66. The van der Waals surface area contributed by atoms with Gasteiger partial charge in [-0.1, -0.05) is 48.5 Å². The van der Waals surface area contributed by atoms with Crippen LogP contribution in [0.2, 0.25) is 0 Å². The van der Waals surface area contributed by atoms with E-state index in [2.05, 4.69) is 27.1 Å². The van der Waals surface area contributed by atoms with Crippen molar-refractivity contribution in [2.75, 3.05) is 0 Å². The molecule has 0 atom stereocenters. The summed E-state index contributed by atoms with van der Waals surface area (Å²) in [5.41, 5.74) is 3.85. The van der Waals surface area contributed by atoms with Crippen LogP contribution in [0, 0.1) is 0 Å². The van der Waals surface area contributed by atoms with Gasteiger partial charge in [0.1, 0.15) is 30.5 Å². The number of phenolic OH excluding ortho intramolecular Hbond substituents is 2. The fourth-order valence-electron chi connectivity index (χ4n) is 2.47. The zero-order chi connectivity index (χ0) is 18.2. The van der Waals surface area contributed by atoms with Crippen molar-refractivity contribution in [2.24, 2.45) is 0 Å². The highest BCUT2D eigenvalue weighted by Gasteiger charge is 2.06.